The van der Waals surface area contributed by atoms with Crippen LogP contribution in [0.15, 0.2) is 10.9 Å². The van der Waals surface area contributed by atoms with Gasteiger partial charge in [-0.25, -0.2) is 4.98 Å². The van der Waals surface area contributed by atoms with Gasteiger partial charge in [0.05, 0.1) is 5.69 Å². The Kier molecular flexibility index (Phi) is 2.01. The minimum absolute atomic E-state index is 0.00574. The molecule has 0 amide bonds. The van der Waals surface area contributed by atoms with E-state index in [1.165, 1.54) is 25.7 Å². The number of hydrogen-bond acceptors (Lipinski definition) is 3. The van der Waals surface area contributed by atoms with Crippen molar-refractivity contribution in [1.82, 2.24) is 9.97 Å². The average molecular weight is 205 g/mol. The van der Waals surface area contributed by atoms with Crippen molar-refractivity contribution in [2.45, 2.75) is 31.6 Å². The van der Waals surface area contributed by atoms with Crippen LogP contribution in [-0.2, 0) is 0 Å². The first-order chi connectivity index (χ1) is 7.33. The Balaban J connectivity index is 1.95. The molecule has 2 fully saturated rings. The van der Waals surface area contributed by atoms with E-state index < -0.39 is 0 Å². The van der Waals surface area contributed by atoms with Gasteiger partial charge in [-0.3, -0.25) is 9.78 Å². The van der Waals surface area contributed by atoms with Gasteiger partial charge in [0.25, 0.3) is 5.56 Å². The van der Waals surface area contributed by atoms with Gasteiger partial charge in [-0.1, -0.05) is 0 Å². The van der Waals surface area contributed by atoms with E-state index in [-0.39, 0.29) is 5.56 Å². The molecule has 1 aliphatic heterocycles. The van der Waals surface area contributed by atoms with E-state index in [2.05, 4.69) is 14.9 Å². The lowest BCUT2D eigenvalue weighted by Gasteiger charge is -2.15. The van der Waals surface area contributed by atoms with Crippen LogP contribution in [0.4, 0.5) is 5.95 Å². The number of H-pyrrole nitrogens is 1. The van der Waals surface area contributed by atoms with Crippen LogP contribution < -0.4 is 10.5 Å². The van der Waals surface area contributed by atoms with E-state index >= 15 is 0 Å². The molecule has 4 heteroatoms. The second kappa shape index (κ2) is 3.36. The highest BCUT2D eigenvalue weighted by Crippen LogP contribution is 2.38. The van der Waals surface area contributed by atoms with Gasteiger partial charge in [0, 0.05) is 25.1 Å². The van der Waals surface area contributed by atoms with E-state index in [9.17, 15) is 4.79 Å². The molecule has 0 atom stereocenters. The predicted octanol–water partition coefficient (Wildman–Crippen LogP) is 1.25. The van der Waals surface area contributed by atoms with Crippen LogP contribution in [-0.4, -0.2) is 23.1 Å². The van der Waals surface area contributed by atoms with Gasteiger partial charge in [0.15, 0.2) is 0 Å². The smallest absolute Gasteiger partial charge is 0.252 e. The Morgan fingerprint density at radius 3 is 2.73 bits per heavy atom. The van der Waals surface area contributed by atoms with Gasteiger partial charge in [-0.2, -0.15) is 0 Å². The second-order valence-corrected chi connectivity index (χ2v) is 4.46. The number of nitrogens with one attached hydrogen (secondary N) is 1. The molecule has 0 spiro atoms. The third kappa shape index (κ3) is 1.76. The lowest BCUT2D eigenvalue weighted by molar-refractivity contribution is 0.861. The maximum absolute atomic E-state index is 11.5. The molecule has 80 valence electrons. The highest BCUT2D eigenvalue weighted by Gasteiger charge is 2.26. The maximum atomic E-state index is 11.5. The Labute approximate surface area is 88.3 Å². The molecule has 0 radical (unpaired) electrons. The summed E-state index contributed by atoms with van der Waals surface area (Å²) in [6.07, 6.45) is 4.79. The average Bonchev–Trinajstić information content (AvgIpc) is 2.93. The molecular formula is C11H15N3O. The van der Waals surface area contributed by atoms with Crippen LogP contribution in [0, 0.1) is 0 Å². The predicted molar refractivity (Wildman–Crippen MR) is 58.3 cm³/mol. The molecule has 1 saturated carbocycles. The number of aromatic nitrogens is 2. The Hall–Kier alpha value is -1.32. The molecule has 15 heavy (non-hydrogen) atoms. The number of hydrogen-bond donors (Lipinski definition) is 1. The van der Waals surface area contributed by atoms with Crippen molar-refractivity contribution in [2.75, 3.05) is 18.0 Å². The Bertz CT molecular complexity index is 416. The van der Waals surface area contributed by atoms with Gasteiger partial charge in [0.2, 0.25) is 5.95 Å². The zero-order valence-electron chi connectivity index (χ0n) is 8.70. The summed E-state index contributed by atoms with van der Waals surface area (Å²) in [4.78, 5) is 21.0. The fourth-order valence-corrected chi connectivity index (χ4v) is 2.13. The number of aromatic amines is 1. The van der Waals surface area contributed by atoms with Crippen molar-refractivity contribution in [3.05, 3.63) is 22.1 Å². The number of rotatable bonds is 2. The quantitative estimate of drug-likeness (QED) is 0.790. The third-order valence-corrected chi connectivity index (χ3v) is 3.15. The van der Waals surface area contributed by atoms with Crippen LogP contribution in [0.3, 0.4) is 0 Å². The van der Waals surface area contributed by atoms with Gasteiger partial charge < -0.3 is 4.90 Å². The van der Waals surface area contributed by atoms with Crippen molar-refractivity contribution >= 4 is 5.95 Å². The first kappa shape index (κ1) is 8.95. The summed E-state index contributed by atoms with van der Waals surface area (Å²) in [6, 6.07) is 1.65. The van der Waals surface area contributed by atoms with Gasteiger partial charge in [-0.15, -0.1) is 0 Å². The molecule has 2 aliphatic rings. The minimum atomic E-state index is -0.00574. The van der Waals surface area contributed by atoms with Crippen LogP contribution in [0.1, 0.15) is 37.3 Å². The normalized spacial score (nSPS) is 20.9. The van der Waals surface area contributed by atoms with Gasteiger partial charge in [0.1, 0.15) is 0 Å². The number of anilines is 1. The molecule has 4 nitrogen and oxygen atoms in total. The monoisotopic (exact) mass is 205 g/mol. The van der Waals surface area contributed by atoms with E-state index in [0.29, 0.717) is 5.92 Å². The third-order valence-electron chi connectivity index (χ3n) is 3.15. The second-order valence-electron chi connectivity index (χ2n) is 4.46. The van der Waals surface area contributed by atoms with Crippen molar-refractivity contribution in [3.63, 3.8) is 0 Å². The SMILES string of the molecule is O=c1cc(C2CC2)nc(N2CCCC2)[nH]1. The molecule has 3 rings (SSSR count). The maximum Gasteiger partial charge on any atom is 0.252 e. The molecule has 1 N–H and O–H groups in total. The summed E-state index contributed by atoms with van der Waals surface area (Å²) in [5, 5.41) is 0. The van der Waals surface area contributed by atoms with E-state index in [1.807, 2.05) is 0 Å². The van der Waals surface area contributed by atoms with Crippen molar-refractivity contribution in [2.24, 2.45) is 0 Å². The topological polar surface area (TPSA) is 49.0 Å². The van der Waals surface area contributed by atoms with E-state index in [1.54, 1.807) is 6.07 Å². The lowest BCUT2D eigenvalue weighted by Crippen LogP contribution is -2.24. The summed E-state index contributed by atoms with van der Waals surface area (Å²) in [7, 11) is 0. The first-order valence-electron chi connectivity index (χ1n) is 5.69. The summed E-state index contributed by atoms with van der Waals surface area (Å²) < 4.78 is 0. The lowest BCUT2D eigenvalue weighted by atomic mass is 10.3. The molecule has 2 heterocycles. The molecule has 0 unspecified atom stereocenters. The summed E-state index contributed by atoms with van der Waals surface area (Å²) in [5.41, 5.74) is 0.981. The minimum Gasteiger partial charge on any atom is -0.342 e. The fraction of sp³-hybridized carbons (Fsp3) is 0.636. The van der Waals surface area contributed by atoms with Crippen LogP contribution in [0.2, 0.25) is 0 Å². The molecule has 1 aromatic heterocycles. The molecular weight excluding hydrogens is 190 g/mol. The zero-order valence-corrected chi connectivity index (χ0v) is 8.70. The van der Waals surface area contributed by atoms with Crippen LogP contribution in [0.5, 0.6) is 0 Å². The zero-order chi connectivity index (χ0) is 10.3. The molecule has 1 aliphatic carbocycles. The van der Waals surface area contributed by atoms with Crippen molar-refractivity contribution in [3.8, 4) is 0 Å². The Morgan fingerprint density at radius 1 is 1.33 bits per heavy atom. The van der Waals surface area contributed by atoms with Gasteiger partial charge in [-0.05, 0) is 25.7 Å². The largest absolute Gasteiger partial charge is 0.342 e. The molecule has 1 saturated heterocycles. The molecule has 0 aromatic carbocycles. The van der Waals surface area contributed by atoms with E-state index in [0.717, 1.165) is 24.7 Å². The summed E-state index contributed by atoms with van der Waals surface area (Å²) in [6.45, 7) is 2.05. The van der Waals surface area contributed by atoms with Crippen molar-refractivity contribution in [1.29, 1.82) is 0 Å². The first-order valence-corrected chi connectivity index (χ1v) is 5.69. The standard InChI is InChI=1S/C11H15N3O/c15-10-7-9(8-3-4-8)12-11(13-10)14-5-1-2-6-14/h7-8H,1-6H2,(H,12,13,15). The number of nitrogens with zero attached hydrogens (tertiary/aromatic N) is 2. The highest BCUT2D eigenvalue weighted by molar-refractivity contribution is 5.33. The van der Waals surface area contributed by atoms with E-state index in [4.69, 9.17) is 0 Å². The Morgan fingerprint density at radius 2 is 2.07 bits per heavy atom. The van der Waals surface area contributed by atoms with Crippen LogP contribution in [0.25, 0.3) is 0 Å². The fourth-order valence-electron chi connectivity index (χ4n) is 2.13. The highest BCUT2D eigenvalue weighted by atomic mass is 16.1. The van der Waals surface area contributed by atoms with Crippen LogP contribution >= 0.6 is 0 Å². The summed E-state index contributed by atoms with van der Waals surface area (Å²) >= 11 is 0. The molecule has 1 aromatic rings. The summed E-state index contributed by atoms with van der Waals surface area (Å²) in [5.74, 6) is 1.33. The van der Waals surface area contributed by atoms with Gasteiger partial charge >= 0.3 is 0 Å². The molecule has 0 bridgehead atoms. The van der Waals surface area contributed by atoms with Crippen molar-refractivity contribution < 1.29 is 0 Å².